The Morgan fingerprint density at radius 3 is 2.44 bits per heavy atom. The number of nitriles is 1. The molecule has 5 nitrogen and oxygen atoms in total. The van der Waals surface area contributed by atoms with Crippen LogP contribution in [-0.4, -0.2) is 17.5 Å². The van der Waals surface area contributed by atoms with Gasteiger partial charge in [0.1, 0.15) is 5.60 Å². The van der Waals surface area contributed by atoms with E-state index in [1.807, 2.05) is 45.0 Å². The monoisotopic (exact) mass is 362 g/mol. The van der Waals surface area contributed by atoms with Crippen LogP contribution in [0.15, 0.2) is 42.5 Å². The molecule has 1 atom stereocenters. The Morgan fingerprint density at radius 1 is 1.19 bits per heavy atom. The molecule has 0 fully saturated rings. The third-order valence-electron chi connectivity index (χ3n) is 4.55. The largest absolute Gasteiger partial charge is 0.460 e. The number of benzene rings is 2. The quantitative estimate of drug-likeness (QED) is 0.769. The zero-order valence-corrected chi connectivity index (χ0v) is 15.9. The molecule has 0 saturated carbocycles. The zero-order chi connectivity index (χ0) is 19.8. The van der Waals surface area contributed by atoms with Crippen LogP contribution in [0.4, 0.5) is 5.69 Å². The van der Waals surface area contributed by atoms with Crippen LogP contribution in [0.2, 0.25) is 0 Å². The van der Waals surface area contributed by atoms with Gasteiger partial charge in [-0.2, -0.15) is 5.26 Å². The van der Waals surface area contributed by atoms with Gasteiger partial charge in [-0.05, 0) is 57.5 Å². The fourth-order valence-electron chi connectivity index (χ4n) is 3.12. The van der Waals surface area contributed by atoms with E-state index in [4.69, 9.17) is 4.74 Å². The van der Waals surface area contributed by atoms with Gasteiger partial charge in [0.15, 0.2) is 0 Å². The molecule has 3 rings (SSSR count). The average Bonchev–Trinajstić information content (AvgIpc) is 2.97. The maximum atomic E-state index is 12.7. The van der Waals surface area contributed by atoms with Gasteiger partial charge < -0.3 is 9.64 Å². The lowest BCUT2D eigenvalue weighted by Crippen LogP contribution is -2.27. The van der Waals surface area contributed by atoms with Gasteiger partial charge in [0.2, 0.25) is 0 Å². The normalized spacial score (nSPS) is 14.5. The number of esters is 1. The van der Waals surface area contributed by atoms with Crippen LogP contribution in [-0.2, 0) is 16.1 Å². The van der Waals surface area contributed by atoms with Crippen molar-refractivity contribution in [2.45, 2.75) is 45.8 Å². The zero-order valence-electron chi connectivity index (χ0n) is 15.9. The minimum absolute atomic E-state index is 0.116. The number of carbonyl (C=O) groups is 2. The molecule has 0 saturated heterocycles. The van der Waals surface area contributed by atoms with E-state index in [9.17, 15) is 14.9 Å². The molecule has 0 spiro atoms. The highest BCUT2D eigenvalue weighted by atomic mass is 16.6. The number of fused-ring (bicyclic) bond motifs is 1. The van der Waals surface area contributed by atoms with E-state index in [2.05, 4.69) is 6.07 Å². The van der Waals surface area contributed by atoms with Crippen molar-refractivity contribution in [2.75, 3.05) is 4.90 Å². The first-order chi connectivity index (χ1) is 12.7. The van der Waals surface area contributed by atoms with Crippen molar-refractivity contribution < 1.29 is 14.3 Å². The highest BCUT2D eigenvalue weighted by molar-refractivity contribution is 6.10. The highest BCUT2D eigenvalue weighted by Crippen LogP contribution is 2.31. The molecule has 1 aliphatic rings. The molecule has 1 heterocycles. The molecule has 2 aromatic carbocycles. The second-order valence-corrected chi connectivity index (χ2v) is 7.68. The summed E-state index contributed by atoms with van der Waals surface area (Å²) in [4.78, 5) is 26.6. The summed E-state index contributed by atoms with van der Waals surface area (Å²) < 4.78 is 5.43. The molecule has 5 heteroatoms. The number of ether oxygens (including phenoxy) is 1. The van der Waals surface area contributed by atoms with E-state index in [0.29, 0.717) is 17.7 Å². The first kappa shape index (κ1) is 18.7. The first-order valence-electron chi connectivity index (χ1n) is 8.88. The Bertz CT molecular complexity index is 934. The summed E-state index contributed by atoms with van der Waals surface area (Å²) in [6.45, 7) is 7.70. The summed E-state index contributed by atoms with van der Waals surface area (Å²) in [6.07, 6.45) is 0. The summed E-state index contributed by atoms with van der Waals surface area (Å²) in [5.41, 5.74) is 2.89. The number of hydrogen-bond acceptors (Lipinski definition) is 4. The molecule has 0 N–H and O–H groups in total. The van der Waals surface area contributed by atoms with Crippen molar-refractivity contribution in [1.29, 1.82) is 5.26 Å². The highest BCUT2D eigenvalue weighted by Gasteiger charge is 2.30. The van der Waals surface area contributed by atoms with Crippen molar-refractivity contribution in [3.63, 3.8) is 0 Å². The van der Waals surface area contributed by atoms with Crippen LogP contribution >= 0.6 is 0 Å². The van der Waals surface area contributed by atoms with Gasteiger partial charge >= 0.3 is 5.97 Å². The molecular formula is C22H22N2O3. The predicted octanol–water partition coefficient (Wildman–Crippen LogP) is 4.16. The van der Waals surface area contributed by atoms with Gasteiger partial charge in [-0.15, -0.1) is 0 Å². The Balaban J connectivity index is 1.80. The maximum absolute atomic E-state index is 12.7. The Morgan fingerprint density at radius 2 is 1.85 bits per heavy atom. The third-order valence-corrected chi connectivity index (χ3v) is 4.55. The molecule has 1 amide bonds. The van der Waals surface area contributed by atoms with Crippen LogP contribution in [0.5, 0.6) is 0 Å². The molecular weight excluding hydrogens is 340 g/mol. The number of anilines is 1. The number of rotatable bonds is 3. The van der Waals surface area contributed by atoms with E-state index in [0.717, 1.165) is 16.8 Å². The van der Waals surface area contributed by atoms with E-state index >= 15 is 0 Å². The van der Waals surface area contributed by atoms with Crippen LogP contribution < -0.4 is 4.90 Å². The van der Waals surface area contributed by atoms with Crippen LogP contribution in [0.1, 0.15) is 60.7 Å². The second-order valence-electron chi connectivity index (χ2n) is 7.68. The lowest BCUT2D eigenvalue weighted by molar-refractivity contribution is -0.156. The van der Waals surface area contributed by atoms with Crippen LogP contribution in [0.25, 0.3) is 0 Å². The fraction of sp³-hybridized carbons (Fsp3) is 0.318. The number of carbonyl (C=O) groups excluding carboxylic acids is 2. The molecule has 138 valence electrons. The summed E-state index contributed by atoms with van der Waals surface area (Å²) >= 11 is 0. The molecule has 27 heavy (non-hydrogen) atoms. The fourth-order valence-corrected chi connectivity index (χ4v) is 3.12. The van der Waals surface area contributed by atoms with Gasteiger partial charge in [-0.25, -0.2) is 0 Å². The summed E-state index contributed by atoms with van der Waals surface area (Å²) in [5.74, 6) is -0.788. The summed E-state index contributed by atoms with van der Waals surface area (Å²) in [7, 11) is 0. The predicted molar refractivity (Wildman–Crippen MR) is 102 cm³/mol. The van der Waals surface area contributed by atoms with Crippen molar-refractivity contribution in [3.05, 3.63) is 64.7 Å². The standard InChI is InChI=1S/C22H22N2O3/c1-14(21(26)27-22(2,3)4)15-8-10-17(11-9-15)24-13-19-16(12-23)6-5-7-18(19)20(24)25/h5-11,14H,13H2,1-4H3. The van der Waals surface area contributed by atoms with Crippen molar-refractivity contribution in [3.8, 4) is 6.07 Å². The van der Waals surface area contributed by atoms with Gasteiger partial charge in [-0.1, -0.05) is 18.2 Å². The maximum Gasteiger partial charge on any atom is 0.313 e. The molecule has 0 aliphatic carbocycles. The first-order valence-corrected chi connectivity index (χ1v) is 8.88. The Labute approximate surface area is 159 Å². The molecule has 0 bridgehead atoms. The van der Waals surface area contributed by atoms with Crippen molar-refractivity contribution in [2.24, 2.45) is 0 Å². The number of hydrogen-bond donors (Lipinski definition) is 0. The van der Waals surface area contributed by atoms with Gasteiger partial charge in [0.25, 0.3) is 5.91 Å². The smallest absolute Gasteiger partial charge is 0.313 e. The molecule has 0 aromatic heterocycles. The molecule has 0 radical (unpaired) electrons. The number of amides is 1. The second kappa shape index (κ2) is 6.88. The summed E-state index contributed by atoms with van der Waals surface area (Å²) in [6, 6.07) is 14.7. The lowest BCUT2D eigenvalue weighted by Gasteiger charge is -2.23. The molecule has 2 aromatic rings. The van der Waals surface area contributed by atoms with Crippen LogP contribution in [0, 0.1) is 11.3 Å². The SMILES string of the molecule is CC(C(=O)OC(C)(C)C)c1ccc(N2Cc3c(C#N)cccc3C2=O)cc1. The minimum Gasteiger partial charge on any atom is -0.460 e. The molecule has 1 aliphatic heterocycles. The third kappa shape index (κ3) is 3.70. The van der Waals surface area contributed by atoms with E-state index < -0.39 is 11.5 Å². The van der Waals surface area contributed by atoms with Crippen molar-refractivity contribution in [1.82, 2.24) is 0 Å². The minimum atomic E-state index is -0.530. The Hall–Kier alpha value is -3.13. The Kier molecular flexibility index (Phi) is 4.75. The molecule has 1 unspecified atom stereocenters. The lowest BCUT2D eigenvalue weighted by atomic mass is 10.0. The number of nitrogens with zero attached hydrogens (tertiary/aromatic N) is 2. The van der Waals surface area contributed by atoms with Gasteiger partial charge in [-0.3, -0.25) is 9.59 Å². The average molecular weight is 362 g/mol. The van der Waals surface area contributed by atoms with Crippen molar-refractivity contribution >= 4 is 17.6 Å². The van der Waals surface area contributed by atoms with E-state index in [1.54, 1.807) is 30.0 Å². The van der Waals surface area contributed by atoms with Gasteiger partial charge in [0.05, 0.1) is 24.1 Å². The van der Waals surface area contributed by atoms with Crippen LogP contribution in [0.3, 0.4) is 0 Å². The van der Waals surface area contributed by atoms with E-state index in [1.165, 1.54) is 0 Å². The van der Waals surface area contributed by atoms with E-state index in [-0.39, 0.29) is 11.9 Å². The topological polar surface area (TPSA) is 70.4 Å². The summed E-state index contributed by atoms with van der Waals surface area (Å²) in [5, 5.41) is 9.25. The van der Waals surface area contributed by atoms with Gasteiger partial charge in [0, 0.05) is 16.8 Å².